The Bertz CT molecular complexity index is 2730. The van der Waals surface area contributed by atoms with Crippen molar-refractivity contribution in [2.24, 2.45) is 16.2 Å². The van der Waals surface area contributed by atoms with E-state index in [1.54, 1.807) is 43.5 Å². The largest absolute Gasteiger partial charge is 0.253 e. The number of nitrogens with zero attached hydrogens (tertiary/aromatic N) is 10. The van der Waals surface area contributed by atoms with E-state index in [-0.39, 0.29) is 10.8 Å². The smallest absolute Gasteiger partial charge is 0.159 e. The number of pyridine rings is 2. The number of fused-ring (bicyclic) bond motifs is 5. The highest BCUT2D eigenvalue weighted by Gasteiger charge is 2.17. The zero-order valence-electron chi connectivity index (χ0n) is 51.1. The van der Waals surface area contributed by atoms with Crippen LogP contribution in [-0.4, -0.2) is 49.8 Å². The topological polar surface area (TPSA) is 129 Å². The third-order valence-electron chi connectivity index (χ3n) is 8.70. The lowest BCUT2D eigenvalue weighted by atomic mass is 9.85. The minimum absolute atomic E-state index is 0.0665. The molecule has 6 heterocycles. The number of aromatic nitrogens is 10. The molecule has 0 saturated carbocycles. The molecule has 0 N–H and O–H groups in total. The third-order valence-corrected chi connectivity index (χ3v) is 8.70. The minimum atomic E-state index is 0.0665. The lowest BCUT2D eigenvalue weighted by molar-refractivity contribution is 0.469. The molecule has 0 fully saturated rings. The van der Waals surface area contributed by atoms with Gasteiger partial charge in [-0.15, -0.1) is 0 Å². The van der Waals surface area contributed by atoms with Crippen LogP contribution in [0.15, 0.2) is 171 Å². The van der Waals surface area contributed by atoms with Crippen molar-refractivity contribution in [3.8, 4) is 0 Å². The van der Waals surface area contributed by atoms with Crippen molar-refractivity contribution < 1.29 is 0 Å². The average Bonchev–Trinajstić information content (AvgIpc) is 3.38. The van der Waals surface area contributed by atoms with Crippen LogP contribution in [0.25, 0.3) is 55.0 Å². The van der Waals surface area contributed by atoms with E-state index in [4.69, 9.17) is 0 Å². The van der Waals surface area contributed by atoms with Gasteiger partial charge in [-0.05, 0) is 94.0 Å². The highest BCUT2D eigenvalue weighted by molar-refractivity contribution is 5.82. The van der Waals surface area contributed by atoms with Gasteiger partial charge < -0.3 is 0 Å². The molecule has 10 aromatic rings. The molecule has 0 saturated heterocycles. The van der Waals surface area contributed by atoms with Gasteiger partial charge in [0.1, 0.15) is 6.33 Å². The van der Waals surface area contributed by atoms with Crippen LogP contribution in [0.1, 0.15) is 164 Å². The Morgan fingerprint density at radius 2 is 0.649 bits per heavy atom. The first-order chi connectivity index (χ1) is 36.1. The molecule has 0 spiro atoms. The molecule has 0 aliphatic carbocycles. The summed E-state index contributed by atoms with van der Waals surface area (Å²) in [4.78, 5) is 41.9. The van der Waals surface area contributed by atoms with Gasteiger partial charge in [-0.25, -0.2) is 24.9 Å². The molecule has 0 atom stereocenters. The highest BCUT2D eigenvalue weighted by atomic mass is 14.8. The summed E-state index contributed by atoms with van der Waals surface area (Å²) in [5.74, 6) is 0. The highest BCUT2D eigenvalue weighted by Crippen LogP contribution is 2.28. The molecular formula is C67H94N10. The summed E-state index contributed by atoms with van der Waals surface area (Å²) < 4.78 is 0. The molecule has 4 aromatic carbocycles. The zero-order chi connectivity index (χ0) is 58.3. The fourth-order valence-corrected chi connectivity index (χ4v) is 5.70. The van der Waals surface area contributed by atoms with Crippen molar-refractivity contribution >= 4 is 55.0 Å². The van der Waals surface area contributed by atoms with Crippen molar-refractivity contribution in [3.63, 3.8) is 0 Å². The second-order valence-corrected chi connectivity index (χ2v) is 24.1. The van der Waals surface area contributed by atoms with E-state index < -0.39 is 0 Å². The van der Waals surface area contributed by atoms with Gasteiger partial charge in [0.15, 0.2) is 5.65 Å². The summed E-state index contributed by atoms with van der Waals surface area (Å²) in [6.07, 6.45) is 15.6. The summed E-state index contributed by atoms with van der Waals surface area (Å²) >= 11 is 0. The van der Waals surface area contributed by atoms with Gasteiger partial charge >= 0.3 is 0 Å². The molecule has 77 heavy (non-hydrogen) atoms. The SMILES string of the molecule is CC.CC.CC(C)(C)C.CC(C)(C)C.CC(C)(C)C.CC(C)(C)c1cccc2ncncc12.CC(C)(C)c1cnc2ccccc2n1.c1ccc2nccnc2c1.c1ccc2nccnc2c1.c1cnc2ncccc2c1. The first-order valence-electron chi connectivity index (χ1n) is 26.9. The van der Waals surface area contributed by atoms with Gasteiger partial charge in [-0.1, -0.05) is 201 Å². The Balaban J connectivity index is 0.000000447. The maximum Gasteiger partial charge on any atom is 0.159 e. The Morgan fingerprint density at radius 1 is 0.299 bits per heavy atom. The molecule has 412 valence electrons. The second kappa shape index (κ2) is 33.8. The molecular weight excluding hydrogens is 945 g/mol. The van der Waals surface area contributed by atoms with Gasteiger partial charge in [0.25, 0.3) is 0 Å². The third kappa shape index (κ3) is 30.8. The molecule has 0 amide bonds. The van der Waals surface area contributed by atoms with Gasteiger partial charge in [0.2, 0.25) is 0 Å². The van der Waals surface area contributed by atoms with E-state index in [9.17, 15) is 0 Å². The fourth-order valence-electron chi connectivity index (χ4n) is 5.70. The molecule has 6 aromatic heterocycles. The van der Waals surface area contributed by atoms with E-state index in [0.29, 0.717) is 16.2 Å². The summed E-state index contributed by atoms with van der Waals surface area (Å²) in [5.41, 5.74) is 11.6. The number of hydrogen-bond acceptors (Lipinski definition) is 10. The van der Waals surface area contributed by atoms with E-state index in [0.717, 1.165) is 60.7 Å². The summed E-state index contributed by atoms with van der Waals surface area (Å²) in [6, 6.07) is 37.6. The Morgan fingerprint density at radius 3 is 1.00 bits per heavy atom. The fraction of sp³-hybridized carbons (Fsp3) is 0.403. The predicted molar refractivity (Wildman–Crippen MR) is 333 cm³/mol. The molecule has 0 aliphatic heterocycles. The quantitative estimate of drug-likeness (QED) is 0.145. The number of para-hydroxylation sites is 6. The van der Waals surface area contributed by atoms with Crippen LogP contribution in [0.2, 0.25) is 0 Å². The van der Waals surface area contributed by atoms with Crippen LogP contribution < -0.4 is 0 Å². The van der Waals surface area contributed by atoms with Crippen LogP contribution in [0.3, 0.4) is 0 Å². The number of benzene rings is 4. The molecule has 0 bridgehead atoms. The number of rotatable bonds is 0. The predicted octanol–water partition coefficient (Wildman–Crippen LogP) is 19.0. The molecule has 10 nitrogen and oxygen atoms in total. The molecule has 10 heteroatoms. The first-order valence-corrected chi connectivity index (χ1v) is 26.9. The Kier molecular flexibility index (Phi) is 29.7. The van der Waals surface area contributed by atoms with Crippen molar-refractivity contribution in [1.29, 1.82) is 0 Å². The van der Waals surface area contributed by atoms with Gasteiger partial charge in [0.05, 0.1) is 44.3 Å². The monoisotopic (exact) mass is 1040 g/mol. The number of hydrogen-bond donors (Lipinski definition) is 0. The molecule has 0 aliphatic rings. The Labute approximate surface area is 464 Å². The Hall–Kier alpha value is -7.20. The standard InChI is InChI=1S/2C12H14N2.3C8H6N2.3C5H12.2C2H6/c1-12(2,3)10-5-4-6-11-9(10)7-13-8-14-11;1-12(2,3)11-8-13-9-6-4-5-7-10(9)14-11;1-3-7-4-2-6-10-8(7)9-5-1;2*1-2-4-8-7(3-1)9-5-6-10-8;3*1-5(2,3)4;2*1-2/h2*4-8H,1-3H3;3*1-6H;3*1-4H3;2*1-2H3. The lowest BCUT2D eigenvalue weighted by Crippen LogP contribution is -2.13. The summed E-state index contributed by atoms with van der Waals surface area (Å²) in [6.45, 7) is 47.3. The lowest BCUT2D eigenvalue weighted by Gasteiger charge is -2.20. The van der Waals surface area contributed by atoms with Crippen molar-refractivity contribution in [3.05, 3.63) is 182 Å². The summed E-state index contributed by atoms with van der Waals surface area (Å²) in [5, 5.41) is 2.24. The zero-order valence-corrected chi connectivity index (χ0v) is 51.1. The minimum Gasteiger partial charge on any atom is -0.253 e. The van der Waals surface area contributed by atoms with E-state index in [1.807, 2.05) is 143 Å². The van der Waals surface area contributed by atoms with Crippen LogP contribution in [0.4, 0.5) is 0 Å². The first kappa shape index (κ1) is 67.8. The average molecular weight is 1040 g/mol. The summed E-state index contributed by atoms with van der Waals surface area (Å²) in [7, 11) is 0. The maximum atomic E-state index is 4.58. The maximum absolute atomic E-state index is 4.58. The second-order valence-electron chi connectivity index (χ2n) is 24.1. The van der Waals surface area contributed by atoms with Crippen LogP contribution >= 0.6 is 0 Å². The van der Waals surface area contributed by atoms with Gasteiger partial charge in [-0.2, -0.15) is 0 Å². The molecule has 0 unspecified atom stereocenters. The van der Waals surface area contributed by atoms with Crippen LogP contribution in [-0.2, 0) is 10.8 Å². The van der Waals surface area contributed by atoms with Crippen molar-refractivity contribution in [2.75, 3.05) is 0 Å². The van der Waals surface area contributed by atoms with Crippen LogP contribution in [0.5, 0.6) is 0 Å². The van der Waals surface area contributed by atoms with Crippen molar-refractivity contribution in [2.45, 2.75) is 163 Å². The van der Waals surface area contributed by atoms with Crippen molar-refractivity contribution in [1.82, 2.24) is 49.8 Å². The van der Waals surface area contributed by atoms with E-state index in [2.05, 4.69) is 187 Å². The normalized spacial score (nSPS) is 10.7. The molecule has 0 radical (unpaired) electrons. The van der Waals surface area contributed by atoms with E-state index >= 15 is 0 Å². The van der Waals surface area contributed by atoms with Crippen LogP contribution in [0, 0.1) is 16.2 Å². The van der Waals surface area contributed by atoms with E-state index in [1.165, 1.54) is 5.56 Å². The van der Waals surface area contributed by atoms with Gasteiger partial charge in [-0.3, -0.25) is 24.9 Å². The molecule has 10 rings (SSSR count). The van der Waals surface area contributed by atoms with Gasteiger partial charge in [0, 0.05) is 65.8 Å².